The Morgan fingerprint density at radius 1 is 0.895 bits per heavy atom. The van der Waals surface area contributed by atoms with Crippen LogP contribution in [-0.2, 0) is 6.61 Å². The van der Waals surface area contributed by atoms with Crippen LogP contribution >= 0.6 is 23.2 Å². The Kier molecular flexibility index (Phi) is 6.42. The van der Waals surface area contributed by atoms with E-state index in [9.17, 15) is 4.79 Å². The van der Waals surface area contributed by atoms with Gasteiger partial charge in [-0.15, -0.1) is 0 Å². The molecule has 0 aliphatic rings. The molecular formula is C30H19Cl2N3O3. The summed E-state index contributed by atoms with van der Waals surface area (Å²) < 4.78 is 13.3. The number of halogens is 2. The van der Waals surface area contributed by atoms with E-state index in [1.165, 1.54) is 4.68 Å². The van der Waals surface area contributed by atoms with Crippen LogP contribution in [0.2, 0.25) is 10.0 Å². The fourth-order valence-electron chi connectivity index (χ4n) is 4.10. The van der Waals surface area contributed by atoms with Gasteiger partial charge in [-0.05, 0) is 66.2 Å². The van der Waals surface area contributed by atoms with Crippen molar-refractivity contribution in [2.24, 2.45) is 5.10 Å². The van der Waals surface area contributed by atoms with E-state index >= 15 is 0 Å². The van der Waals surface area contributed by atoms with Crippen LogP contribution < -0.4 is 10.3 Å². The number of nitrogens with zero attached hydrogens (tertiary/aromatic N) is 3. The Balaban J connectivity index is 1.42. The second kappa shape index (κ2) is 10.2. The maximum Gasteiger partial charge on any atom is 0.282 e. The van der Waals surface area contributed by atoms with E-state index in [-0.39, 0.29) is 11.4 Å². The average Bonchev–Trinajstić information content (AvgIpc) is 3.36. The Labute approximate surface area is 227 Å². The van der Waals surface area contributed by atoms with Crippen molar-refractivity contribution in [3.8, 4) is 17.3 Å². The molecule has 6 aromatic rings. The van der Waals surface area contributed by atoms with Crippen molar-refractivity contribution >= 4 is 51.3 Å². The minimum atomic E-state index is -0.320. The third kappa shape index (κ3) is 4.79. The molecule has 0 aliphatic carbocycles. The summed E-state index contributed by atoms with van der Waals surface area (Å²) in [5.41, 5.74) is 2.53. The molecule has 0 fully saturated rings. The summed E-state index contributed by atoms with van der Waals surface area (Å²) in [4.78, 5) is 18.3. The molecular weight excluding hydrogens is 521 g/mol. The quantitative estimate of drug-likeness (QED) is 0.204. The number of para-hydroxylation sites is 2. The van der Waals surface area contributed by atoms with E-state index in [1.807, 2.05) is 54.6 Å². The molecule has 38 heavy (non-hydrogen) atoms. The second-order valence-electron chi connectivity index (χ2n) is 8.56. The summed E-state index contributed by atoms with van der Waals surface area (Å²) >= 11 is 12.1. The maximum atomic E-state index is 13.5. The van der Waals surface area contributed by atoms with Crippen molar-refractivity contribution < 1.29 is 9.15 Å². The Hall–Kier alpha value is -4.39. The summed E-state index contributed by atoms with van der Waals surface area (Å²) in [5, 5.41) is 7.04. The third-order valence-electron chi connectivity index (χ3n) is 5.99. The first kappa shape index (κ1) is 24.0. The summed E-state index contributed by atoms with van der Waals surface area (Å²) in [6.45, 7) is 0.353. The van der Waals surface area contributed by atoms with Gasteiger partial charge in [-0.2, -0.15) is 9.78 Å². The number of hydrogen-bond donors (Lipinski definition) is 0. The monoisotopic (exact) mass is 539 g/mol. The molecule has 0 unspecified atom stereocenters. The van der Waals surface area contributed by atoms with E-state index in [0.29, 0.717) is 50.2 Å². The Morgan fingerprint density at radius 2 is 1.66 bits per heavy atom. The lowest BCUT2D eigenvalue weighted by Crippen LogP contribution is -2.20. The van der Waals surface area contributed by atoms with Crippen molar-refractivity contribution in [1.82, 2.24) is 9.66 Å². The largest absolute Gasteiger partial charge is 0.488 e. The van der Waals surface area contributed by atoms with E-state index in [1.54, 1.807) is 48.7 Å². The molecule has 6 rings (SSSR count). The van der Waals surface area contributed by atoms with Gasteiger partial charge >= 0.3 is 0 Å². The molecule has 2 heterocycles. The molecule has 2 aromatic heterocycles. The number of ether oxygens (including phenoxy) is 1. The molecule has 0 spiro atoms. The lowest BCUT2D eigenvalue weighted by molar-refractivity contribution is 0.306. The topological polar surface area (TPSA) is 69.6 Å². The molecule has 6 nitrogen and oxygen atoms in total. The SMILES string of the molecule is O=c1c2ccccc2nc(-c2cc3cc(Cl)ccc3o2)n1N=Cc1ccccc1OCc1ccc(Cl)cc1. The van der Waals surface area contributed by atoms with Crippen molar-refractivity contribution in [3.63, 3.8) is 0 Å². The van der Waals surface area contributed by atoms with Gasteiger partial charge in [0, 0.05) is 21.0 Å². The van der Waals surface area contributed by atoms with E-state index in [0.717, 1.165) is 10.9 Å². The molecule has 0 amide bonds. The molecule has 0 aliphatic heterocycles. The predicted octanol–water partition coefficient (Wildman–Crippen LogP) is 7.58. The number of furan rings is 1. The molecule has 0 N–H and O–H groups in total. The molecule has 0 saturated heterocycles. The number of fused-ring (bicyclic) bond motifs is 2. The van der Waals surface area contributed by atoms with Gasteiger partial charge in [-0.1, -0.05) is 59.6 Å². The number of hydrogen-bond acceptors (Lipinski definition) is 5. The maximum absolute atomic E-state index is 13.5. The molecule has 0 atom stereocenters. The number of benzene rings is 4. The van der Waals surface area contributed by atoms with E-state index in [4.69, 9.17) is 37.3 Å². The van der Waals surface area contributed by atoms with Crippen LogP contribution in [0.5, 0.6) is 5.75 Å². The first-order chi connectivity index (χ1) is 18.5. The Morgan fingerprint density at radius 3 is 2.53 bits per heavy atom. The van der Waals surface area contributed by atoms with Crippen LogP contribution in [0.4, 0.5) is 0 Å². The normalized spacial score (nSPS) is 11.5. The fourth-order valence-corrected chi connectivity index (χ4v) is 4.40. The first-order valence-electron chi connectivity index (χ1n) is 11.8. The van der Waals surface area contributed by atoms with Crippen molar-refractivity contribution in [2.45, 2.75) is 6.61 Å². The van der Waals surface area contributed by atoms with Crippen LogP contribution in [0.15, 0.2) is 111 Å². The van der Waals surface area contributed by atoms with Crippen molar-refractivity contribution in [1.29, 1.82) is 0 Å². The summed E-state index contributed by atoms with van der Waals surface area (Å²) in [5.74, 6) is 1.29. The van der Waals surface area contributed by atoms with Crippen molar-refractivity contribution in [3.05, 3.63) is 129 Å². The summed E-state index contributed by atoms with van der Waals surface area (Å²) in [6, 6.07) is 29.2. The van der Waals surface area contributed by atoms with Gasteiger partial charge in [0.2, 0.25) is 5.82 Å². The van der Waals surface area contributed by atoms with Gasteiger partial charge in [0.15, 0.2) is 5.76 Å². The van der Waals surface area contributed by atoms with Gasteiger partial charge in [0.05, 0.1) is 17.1 Å². The highest BCUT2D eigenvalue weighted by atomic mass is 35.5. The third-order valence-corrected chi connectivity index (χ3v) is 6.48. The van der Waals surface area contributed by atoms with Crippen LogP contribution in [0.25, 0.3) is 33.5 Å². The van der Waals surface area contributed by atoms with Gasteiger partial charge in [-0.3, -0.25) is 4.79 Å². The first-order valence-corrected chi connectivity index (χ1v) is 12.5. The van der Waals surface area contributed by atoms with E-state index in [2.05, 4.69) is 5.10 Å². The molecule has 0 saturated carbocycles. The molecule has 8 heteroatoms. The molecule has 0 radical (unpaired) electrons. The fraction of sp³-hybridized carbons (Fsp3) is 0.0333. The number of aromatic nitrogens is 2. The zero-order chi connectivity index (χ0) is 26.1. The molecule has 4 aromatic carbocycles. The van der Waals surface area contributed by atoms with E-state index < -0.39 is 0 Å². The summed E-state index contributed by atoms with van der Waals surface area (Å²) in [6.07, 6.45) is 1.58. The average molecular weight is 540 g/mol. The minimum Gasteiger partial charge on any atom is -0.488 e. The minimum absolute atomic E-state index is 0.275. The summed E-state index contributed by atoms with van der Waals surface area (Å²) in [7, 11) is 0. The zero-order valence-electron chi connectivity index (χ0n) is 19.8. The van der Waals surface area contributed by atoms with Crippen LogP contribution in [0.1, 0.15) is 11.1 Å². The highest BCUT2D eigenvalue weighted by molar-refractivity contribution is 6.31. The highest BCUT2D eigenvalue weighted by Crippen LogP contribution is 2.29. The van der Waals surface area contributed by atoms with Gasteiger partial charge < -0.3 is 9.15 Å². The standard InChI is InChI=1S/C30H19Cl2N3O3/c31-22-11-9-19(10-12-22)18-37-26-8-4-1-5-20(26)17-33-35-29(34-25-7-3-2-6-24(25)30(35)36)28-16-21-15-23(32)13-14-27(21)38-28/h1-17H,18H2. The second-order valence-corrected chi connectivity index (χ2v) is 9.43. The molecule has 0 bridgehead atoms. The Bertz CT molecular complexity index is 1870. The van der Waals surface area contributed by atoms with Gasteiger partial charge in [0.1, 0.15) is 17.9 Å². The van der Waals surface area contributed by atoms with Crippen LogP contribution in [0.3, 0.4) is 0 Å². The zero-order valence-corrected chi connectivity index (χ0v) is 21.4. The predicted molar refractivity (Wildman–Crippen MR) is 151 cm³/mol. The van der Waals surface area contributed by atoms with Gasteiger partial charge in [0.25, 0.3) is 5.56 Å². The van der Waals surface area contributed by atoms with Crippen LogP contribution in [0, 0.1) is 0 Å². The number of rotatable bonds is 6. The lowest BCUT2D eigenvalue weighted by atomic mass is 10.2. The van der Waals surface area contributed by atoms with Crippen molar-refractivity contribution in [2.75, 3.05) is 0 Å². The molecule has 186 valence electrons. The smallest absolute Gasteiger partial charge is 0.282 e. The highest BCUT2D eigenvalue weighted by Gasteiger charge is 2.17. The lowest BCUT2D eigenvalue weighted by Gasteiger charge is -2.10. The van der Waals surface area contributed by atoms with Gasteiger partial charge in [-0.25, -0.2) is 4.98 Å². The van der Waals surface area contributed by atoms with Crippen LogP contribution in [-0.4, -0.2) is 15.9 Å².